The Morgan fingerprint density at radius 3 is 2.83 bits per heavy atom. The maximum Gasteiger partial charge on any atom is 0.134 e. The molecule has 1 aliphatic rings. The molecule has 29 heavy (non-hydrogen) atoms. The van der Waals surface area contributed by atoms with Crippen LogP contribution < -0.4 is 0 Å². The minimum atomic E-state index is -0.205. The van der Waals surface area contributed by atoms with Crippen molar-refractivity contribution in [3.8, 4) is 0 Å². The molecule has 0 spiro atoms. The third-order valence-electron chi connectivity index (χ3n) is 5.52. The Labute approximate surface area is 172 Å². The predicted octanol–water partition coefficient (Wildman–Crippen LogP) is 5.45. The third kappa shape index (κ3) is 4.56. The van der Waals surface area contributed by atoms with Crippen LogP contribution in [-0.4, -0.2) is 27.0 Å². The molecule has 0 aliphatic carbocycles. The Bertz CT molecular complexity index is 986. The van der Waals surface area contributed by atoms with E-state index in [9.17, 15) is 9.18 Å². The number of benzene rings is 1. The largest absolute Gasteiger partial charge is 0.365 e. The summed E-state index contributed by atoms with van der Waals surface area (Å²) in [5.41, 5.74) is 5.58. The molecule has 1 aromatic carbocycles. The van der Waals surface area contributed by atoms with Crippen molar-refractivity contribution in [3.63, 3.8) is 0 Å². The molecule has 5 heteroatoms. The van der Waals surface area contributed by atoms with Gasteiger partial charge in [-0.15, -0.1) is 0 Å². The summed E-state index contributed by atoms with van der Waals surface area (Å²) < 4.78 is 15.6. The minimum absolute atomic E-state index is 0.0822. The second-order valence-corrected chi connectivity index (χ2v) is 7.73. The summed E-state index contributed by atoms with van der Waals surface area (Å²) in [6.07, 6.45) is 7.89. The smallest absolute Gasteiger partial charge is 0.134 e. The van der Waals surface area contributed by atoms with Crippen LogP contribution in [0.4, 0.5) is 4.39 Å². The van der Waals surface area contributed by atoms with E-state index in [0.29, 0.717) is 6.42 Å². The van der Waals surface area contributed by atoms with Crippen LogP contribution in [0.15, 0.2) is 49.3 Å². The van der Waals surface area contributed by atoms with Crippen LogP contribution in [0, 0.1) is 19.7 Å². The Balaban J connectivity index is 1.77. The number of ketones is 1. The monoisotopic (exact) mass is 393 g/mol. The summed E-state index contributed by atoms with van der Waals surface area (Å²) in [5.74, 6) is -0.122. The van der Waals surface area contributed by atoms with E-state index in [4.69, 9.17) is 0 Å². The molecule has 0 unspecified atom stereocenters. The Morgan fingerprint density at radius 1 is 1.34 bits per heavy atom. The summed E-state index contributed by atoms with van der Waals surface area (Å²) in [7, 11) is 0. The van der Waals surface area contributed by atoms with Crippen molar-refractivity contribution in [2.75, 3.05) is 6.54 Å². The molecule has 3 rings (SSSR count). The van der Waals surface area contributed by atoms with E-state index in [2.05, 4.69) is 23.2 Å². The summed E-state index contributed by atoms with van der Waals surface area (Å²) in [6, 6.07) is 5.11. The number of aryl methyl sites for hydroxylation is 1. The Kier molecular flexibility index (Phi) is 6.16. The number of carbonyl (C=O) groups is 1. The number of rotatable bonds is 7. The lowest BCUT2D eigenvalue weighted by Gasteiger charge is -2.28. The molecule has 0 amide bonds. The highest BCUT2D eigenvalue weighted by Crippen LogP contribution is 2.36. The number of hydrogen-bond donors (Lipinski definition) is 0. The summed E-state index contributed by atoms with van der Waals surface area (Å²) in [5, 5.41) is 4.39. The predicted molar refractivity (Wildman–Crippen MR) is 116 cm³/mol. The first-order chi connectivity index (χ1) is 13.8. The van der Waals surface area contributed by atoms with Crippen molar-refractivity contribution in [2.24, 2.45) is 0 Å². The lowest BCUT2D eigenvalue weighted by atomic mass is 9.99. The van der Waals surface area contributed by atoms with Crippen molar-refractivity contribution in [3.05, 3.63) is 77.5 Å². The van der Waals surface area contributed by atoms with Gasteiger partial charge in [0.15, 0.2) is 0 Å². The van der Waals surface area contributed by atoms with Gasteiger partial charge in [-0.3, -0.25) is 4.79 Å². The molecule has 2 aromatic rings. The van der Waals surface area contributed by atoms with Gasteiger partial charge in [0.1, 0.15) is 11.6 Å². The molecule has 1 saturated heterocycles. The number of carbonyl (C=O) groups excluding carboxylic acids is 1. The lowest BCUT2D eigenvalue weighted by Crippen LogP contribution is -2.22. The third-order valence-corrected chi connectivity index (χ3v) is 5.52. The van der Waals surface area contributed by atoms with Crippen LogP contribution in [0.3, 0.4) is 0 Å². The molecule has 152 valence electrons. The van der Waals surface area contributed by atoms with E-state index >= 15 is 0 Å². The lowest BCUT2D eigenvalue weighted by molar-refractivity contribution is -0.116. The molecule has 0 radical (unpaired) electrons. The second-order valence-electron chi connectivity index (χ2n) is 7.73. The first-order valence-corrected chi connectivity index (χ1v) is 9.89. The summed E-state index contributed by atoms with van der Waals surface area (Å²) in [6.45, 7) is 14.7. The van der Waals surface area contributed by atoms with E-state index in [1.54, 1.807) is 23.9 Å². The first-order valence-electron chi connectivity index (χ1n) is 9.89. The molecule has 1 atom stereocenters. The van der Waals surface area contributed by atoms with Gasteiger partial charge >= 0.3 is 0 Å². The van der Waals surface area contributed by atoms with Crippen molar-refractivity contribution >= 4 is 17.6 Å². The van der Waals surface area contributed by atoms with Gasteiger partial charge in [0, 0.05) is 36.1 Å². The summed E-state index contributed by atoms with van der Waals surface area (Å²) in [4.78, 5) is 13.6. The van der Waals surface area contributed by atoms with Crippen LogP contribution in [0.2, 0.25) is 0 Å². The number of halogens is 1. The van der Waals surface area contributed by atoms with Gasteiger partial charge in [0.2, 0.25) is 0 Å². The van der Waals surface area contributed by atoms with Crippen LogP contribution in [0.25, 0.3) is 11.8 Å². The van der Waals surface area contributed by atoms with E-state index < -0.39 is 0 Å². The zero-order chi connectivity index (χ0) is 21.1. The standard InChI is InChI=1S/C24H28FN3O/c1-16-8-9-21(25)14-22(16)24-7-6-11-27(24)18(3)10-12-28-20(5)23(15-26-28)17(2)13-19(4)29/h8-10,12,14-15,24H,2-3,6-7,11,13H2,1,4-5H3/b12-10-/t24-/m1/s1. The molecule has 4 nitrogen and oxygen atoms in total. The van der Waals surface area contributed by atoms with Gasteiger partial charge in [0.25, 0.3) is 0 Å². The van der Waals surface area contributed by atoms with Gasteiger partial charge in [-0.05, 0) is 68.5 Å². The van der Waals surface area contributed by atoms with E-state index in [1.165, 1.54) is 6.07 Å². The van der Waals surface area contributed by atoms with Crippen molar-refractivity contribution in [1.29, 1.82) is 0 Å². The summed E-state index contributed by atoms with van der Waals surface area (Å²) >= 11 is 0. The average molecular weight is 394 g/mol. The molecule has 1 aromatic heterocycles. The highest BCUT2D eigenvalue weighted by atomic mass is 19.1. The fourth-order valence-electron chi connectivity index (χ4n) is 3.97. The number of likely N-dealkylation sites (tertiary alicyclic amines) is 1. The fraction of sp³-hybridized carbons (Fsp3) is 0.333. The van der Waals surface area contributed by atoms with Gasteiger partial charge in [-0.25, -0.2) is 9.07 Å². The van der Waals surface area contributed by atoms with Crippen molar-refractivity contribution < 1.29 is 9.18 Å². The highest BCUT2D eigenvalue weighted by molar-refractivity contribution is 5.88. The van der Waals surface area contributed by atoms with Crippen LogP contribution in [0.5, 0.6) is 0 Å². The maximum absolute atomic E-state index is 13.8. The zero-order valence-electron chi connectivity index (χ0n) is 17.4. The molecular formula is C24H28FN3O. The fourth-order valence-corrected chi connectivity index (χ4v) is 3.97. The Hall–Kier alpha value is -2.95. The quantitative estimate of drug-likeness (QED) is 0.587. The molecule has 1 fully saturated rings. The number of allylic oxidation sites excluding steroid dienone is 2. The second kappa shape index (κ2) is 8.60. The topological polar surface area (TPSA) is 38.1 Å². The SMILES string of the molecule is C=C(CC(C)=O)c1cnn(/C=C\C(=C)N2CCC[C@@H]2c2cc(F)ccc2C)c1C. The van der Waals surface area contributed by atoms with Gasteiger partial charge < -0.3 is 4.90 Å². The van der Waals surface area contributed by atoms with Crippen LogP contribution in [-0.2, 0) is 4.79 Å². The average Bonchev–Trinajstić information content (AvgIpc) is 3.28. The minimum Gasteiger partial charge on any atom is -0.365 e. The zero-order valence-corrected chi connectivity index (χ0v) is 17.4. The first kappa shape index (κ1) is 20.8. The number of nitrogens with zero attached hydrogens (tertiary/aromatic N) is 3. The normalized spacial score (nSPS) is 16.6. The molecule has 0 saturated carbocycles. The van der Waals surface area contributed by atoms with Crippen molar-refractivity contribution in [2.45, 2.75) is 46.1 Å². The number of aromatic nitrogens is 2. The molecular weight excluding hydrogens is 365 g/mol. The molecule has 0 N–H and O–H groups in total. The van der Waals surface area contributed by atoms with E-state index in [1.807, 2.05) is 32.2 Å². The van der Waals surface area contributed by atoms with Crippen LogP contribution >= 0.6 is 0 Å². The number of hydrogen-bond acceptors (Lipinski definition) is 3. The molecule has 1 aliphatic heterocycles. The van der Waals surface area contributed by atoms with Gasteiger partial charge in [0.05, 0.1) is 12.2 Å². The van der Waals surface area contributed by atoms with Crippen LogP contribution in [0.1, 0.15) is 54.6 Å². The van der Waals surface area contributed by atoms with Gasteiger partial charge in [-0.2, -0.15) is 5.10 Å². The molecule has 0 bridgehead atoms. The van der Waals surface area contributed by atoms with Gasteiger partial charge in [-0.1, -0.05) is 19.2 Å². The maximum atomic E-state index is 13.8. The Morgan fingerprint density at radius 2 is 2.10 bits per heavy atom. The molecule has 2 heterocycles. The van der Waals surface area contributed by atoms with E-state index in [0.717, 1.165) is 53.0 Å². The number of Topliss-reactive ketones (excluding diaryl/α,β-unsaturated/α-hetero) is 1. The van der Waals surface area contributed by atoms with Crippen molar-refractivity contribution in [1.82, 2.24) is 14.7 Å². The van der Waals surface area contributed by atoms with E-state index in [-0.39, 0.29) is 17.6 Å². The highest BCUT2D eigenvalue weighted by Gasteiger charge is 2.27.